The van der Waals surface area contributed by atoms with E-state index in [4.69, 9.17) is 4.74 Å². The molecule has 0 fully saturated rings. The van der Waals surface area contributed by atoms with Gasteiger partial charge in [0.15, 0.2) is 0 Å². The summed E-state index contributed by atoms with van der Waals surface area (Å²) in [7, 11) is 0. The second kappa shape index (κ2) is 9.51. The number of hydrogen-bond donors (Lipinski definition) is 1. The van der Waals surface area contributed by atoms with Gasteiger partial charge in [0.1, 0.15) is 5.75 Å². The molecule has 0 saturated carbocycles. The van der Waals surface area contributed by atoms with Crippen LogP contribution in [0.2, 0.25) is 0 Å². The van der Waals surface area contributed by atoms with Gasteiger partial charge in [-0.1, -0.05) is 44.4 Å². The molecular weight excluding hydrogens is 226 g/mol. The zero-order chi connectivity index (χ0) is 13.1. The molecule has 0 unspecified atom stereocenters. The number of amides is 1. The molecule has 1 amide bonds. The van der Waals surface area contributed by atoms with E-state index in [2.05, 4.69) is 12.2 Å². The number of para-hydroxylation sites is 1. The van der Waals surface area contributed by atoms with Crippen molar-refractivity contribution < 1.29 is 9.53 Å². The minimum atomic E-state index is 0.0717. The maximum atomic E-state index is 11.5. The maximum absolute atomic E-state index is 11.5. The largest absolute Gasteiger partial charge is 0.493 e. The summed E-state index contributed by atoms with van der Waals surface area (Å²) in [4.78, 5) is 11.5. The molecule has 1 rings (SSSR count). The number of unbranched alkanes of at least 4 members (excludes halogenated alkanes) is 3. The summed E-state index contributed by atoms with van der Waals surface area (Å²) in [6.07, 6.45) is 5.14. The Morgan fingerprint density at radius 2 is 1.94 bits per heavy atom. The summed E-state index contributed by atoms with van der Waals surface area (Å²) in [5.74, 6) is 0.885. The van der Waals surface area contributed by atoms with Gasteiger partial charge in [-0.2, -0.15) is 0 Å². The van der Waals surface area contributed by atoms with E-state index in [9.17, 15) is 4.79 Å². The van der Waals surface area contributed by atoms with Crippen LogP contribution in [0.3, 0.4) is 0 Å². The highest BCUT2D eigenvalue weighted by molar-refractivity contribution is 5.75. The van der Waals surface area contributed by atoms with Crippen molar-refractivity contribution in [2.45, 2.75) is 39.0 Å². The lowest BCUT2D eigenvalue weighted by molar-refractivity contribution is -0.121. The normalized spacial score (nSPS) is 10.1. The third kappa shape index (κ3) is 6.94. The molecular formula is C15H23NO2. The molecule has 0 aromatic heterocycles. The Bertz CT molecular complexity index is 325. The molecule has 1 aromatic carbocycles. The number of hydrogen-bond acceptors (Lipinski definition) is 2. The molecule has 0 heterocycles. The van der Waals surface area contributed by atoms with Gasteiger partial charge in [-0.05, 0) is 18.6 Å². The molecule has 3 heteroatoms. The predicted octanol–water partition coefficient (Wildman–Crippen LogP) is 3.15. The first-order valence-electron chi connectivity index (χ1n) is 6.77. The van der Waals surface area contributed by atoms with E-state index in [0.717, 1.165) is 18.7 Å². The van der Waals surface area contributed by atoms with Crippen LogP contribution in [0.4, 0.5) is 0 Å². The van der Waals surface area contributed by atoms with Gasteiger partial charge < -0.3 is 10.1 Å². The predicted molar refractivity (Wildman–Crippen MR) is 73.7 cm³/mol. The van der Waals surface area contributed by atoms with E-state index >= 15 is 0 Å². The fourth-order valence-corrected chi connectivity index (χ4v) is 1.65. The van der Waals surface area contributed by atoms with Gasteiger partial charge in [-0.15, -0.1) is 0 Å². The topological polar surface area (TPSA) is 38.3 Å². The number of carbonyl (C=O) groups is 1. The van der Waals surface area contributed by atoms with Crippen LogP contribution in [0.5, 0.6) is 5.75 Å². The lowest BCUT2D eigenvalue weighted by Gasteiger charge is -2.07. The van der Waals surface area contributed by atoms with E-state index in [1.165, 1.54) is 19.3 Å². The number of nitrogens with one attached hydrogen (secondary N) is 1. The minimum absolute atomic E-state index is 0.0717. The van der Waals surface area contributed by atoms with Gasteiger partial charge in [0.25, 0.3) is 0 Å². The number of benzene rings is 1. The summed E-state index contributed by atoms with van der Waals surface area (Å²) < 4.78 is 5.46. The number of ether oxygens (including phenoxy) is 1. The first-order valence-corrected chi connectivity index (χ1v) is 6.77. The van der Waals surface area contributed by atoms with Crippen LogP contribution < -0.4 is 10.1 Å². The van der Waals surface area contributed by atoms with E-state index in [1.54, 1.807) is 0 Å². The van der Waals surface area contributed by atoms with Crippen molar-refractivity contribution in [3.8, 4) is 5.75 Å². The SMILES string of the molecule is CCCCCCNC(=O)CCOc1ccccc1. The van der Waals surface area contributed by atoms with Gasteiger partial charge >= 0.3 is 0 Å². The zero-order valence-electron chi connectivity index (χ0n) is 11.2. The molecule has 1 aromatic rings. The van der Waals surface area contributed by atoms with Gasteiger partial charge in [0.2, 0.25) is 5.91 Å². The quantitative estimate of drug-likeness (QED) is 0.683. The molecule has 0 bridgehead atoms. The smallest absolute Gasteiger partial charge is 0.223 e. The van der Waals surface area contributed by atoms with E-state index < -0.39 is 0 Å². The van der Waals surface area contributed by atoms with Crippen LogP contribution in [0, 0.1) is 0 Å². The Morgan fingerprint density at radius 1 is 1.17 bits per heavy atom. The van der Waals surface area contributed by atoms with Crippen molar-refractivity contribution >= 4 is 5.91 Å². The van der Waals surface area contributed by atoms with Crippen LogP contribution >= 0.6 is 0 Å². The Balaban J connectivity index is 2.00. The Hall–Kier alpha value is -1.51. The van der Waals surface area contributed by atoms with Crippen molar-refractivity contribution in [2.24, 2.45) is 0 Å². The fraction of sp³-hybridized carbons (Fsp3) is 0.533. The number of rotatable bonds is 9. The van der Waals surface area contributed by atoms with Crippen molar-refractivity contribution in [1.82, 2.24) is 5.32 Å². The minimum Gasteiger partial charge on any atom is -0.493 e. The Labute approximate surface area is 110 Å². The van der Waals surface area contributed by atoms with Crippen LogP contribution in [-0.4, -0.2) is 19.1 Å². The molecule has 0 radical (unpaired) electrons. The molecule has 0 atom stereocenters. The van der Waals surface area contributed by atoms with Crippen molar-refractivity contribution in [2.75, 3.05) is 13.2 Å². The van der Waals surface area contributed by atoms with Gasteiger partial charge in [0.05, 0.1) is 13.0 Å². The first kappa shape index (κ1) is 14.6. The van der Waals surface area contributed by atoms with Crippen LogP contribution in [-0.2, 0) is 4.79 Å². The Morgan fingerprint density at radius 3 is 2.67 bits per heavy atom. The van der Waals surface area contributed by atoms with Gasteiger partial charge in [0, 0.05) is 6.54 Å². The van der Waals surface area contributed by atoms with Crippen LogP contribution in [0.15, 0.2) is 30.3 Å². The zero-order valence-corrected chi connectivity index (χ0v) is 11.2. The summed E-state index contributed by atoms with van der Waals surface area (Å²) in [6, 6.07) is 9.56. The molecule has 0 saturated heterocycles. The summed E-state index contributed by atoms with van der Waals surface area (Å²) in [5.41, 5.74) is 0. The van der Waals surface area contributed by atoms with E-state index in [0.29, 0.717) is 13.0 Å². The lowest BCUT2D eigenvalue weighted by atomic mass is 10.2. The molecule has 0 aliphatic heterocycles. The van der Waals surface area contributed by atoms with Crippen molar-refractivity contribution in [3.05, 3.63) is 30.3 Å². The van der Waals surface area contributed by atoms with Crippen molar-refractivity contribution in [3.63, 3.8) is 0 Å². The molecule has 100 valence electrons. The van der Waals surface area contributed by atoms with Crippen LogP contribution in [0.1, 0.15) is 39.0 Å². The highest BCUT2D eigenvalue weighted by Gasteiger charge is 2.00. The average Bonchev–Trinajstić information content (AvgIpc) is 2.40. The summed E-state index contributed by atoms with van der Waals surface area (Å²) in [5, 5.41) is 2.91. The maximum Gasteiger partial charge on any atom is 0.223 e. The second-order valence-corrected chi connectivity index (χ2v) is 4.32. The van der Waals surface area contributed by atoms with Crippen molar-refractivity contribution in [1.29, 1.82) is 0 Å². The highest BCUT2D eigenvalue weighted by atomic mass is 16.5. The van der Waals surface area contributed by atoms with Gasteiger partial charge in [-0.3, -0.25) is 4.79 Å². The Kier molecular flexibility index (Phi) is 7.69. The third-order valence-corrected chi connectivity index (χ3v) is 2.69. The lowest BCUT2D eigenvalue weighted by Crippen LogP contribution is -2.25. The summed E-state index contributed by atoms with van der Waals surface area (Å²) >= 11 is 0. The highest BCUT2D eigenvalue weighted by Crippen LogP contribution is 2.08. The molecule has 3 nitrogen and oxygen atoms in total. The standard InChI is InChI=1S/C15H23NO2/c1-2-3-4-8-12-16-15(17)11-13-18-14-9-6-5-7-10-14/h5-7,9-10H,2-4,8,11-13H2,1H3,(H,16,17). The first-order chi connectivity index (χ1) is 8.83. The monoisotopic (exact) mass is 249 g/mol. The molecule has 0 spiro atoms. The third-order valence-electron chi connectivity index (χ3n) is 2.69. The molecule has 0 aliphatic carbocycles. The molecule has 18 heavy (non-hydrogen) atoms. The molecule has 1 N–H and O–H groups in total. The average molecular weight is 249 g/mol. The molecule has 0 aliphatic rings. The second-order valence-electron chi connectivity index (χ2n) is 4.32. The summed E-state index contributed by atoms with van der Waals surface area (Å²) in [6.45, 7) is 3.40. The van der Waals surface area contributed by atoms with E-state index in [1.807, 2.05) is 30.3 Å². The number of carbonyl (C=O) groups excluding carboxylic acids is 1. The van der Waals surface area contributed by atoms with Gasteiger partial charge in [-0.25, -0.2) is 0 Å². The van der Waals surface area contributed by atoms with Crippen LogP contribution in [0.25, 0.3) is 0 Å². The fourth-order valence-electron chi connectivity index (χ4n) is 1.65. The van der Waals surface area contributed by atoms with E-state index in [-0.39, 0.29) is 5.91 Å².